The summed E-state index contributed by atoms with van der Waals surface area (Å²) in [5.74, 6) is -0.142. The zero-order valence-corrected chi connectivity index (χ0v) is 13.1. The molecule has 0 saturated carbocycles. The second-order valence-electron chi connectivity index (χ2n) is 5.53. The van der Waals surface area contributed by atoms with Crippen LogP contribution in [-0.4, -0.2) is 29.4 Å². The summed E-state index contributed by atoms with van der Waals surface area (Å²) in [5.41, 5.74) is 2.42. The van der Waals surface area contributed by atoms with E-state index in [2.05, 4.69) is 0 Å². The summed E-state index contributed by atoms with van der Waals surface area (Å²) in [6.45, 7) is 0.622. The van der Waals surface area contributed by atoms with Crippen molar-refractivity contribution in [3.63, 3.8) is 0 Å². The molecule has 0 heterocycles. The molecule has 0 spiro atoms. The Kier molecular flexibility index (Phi) is 4.77. The highest BCUT2D eigenvalue weighted by Gasteiger charge is 2.05. The van der Waals surface area contributed by atoms with Crippen molar-refractivity contribution in [1.82, 2.24) is 0 Å². The lowest BCUT2D eigenvalue weighted by Gasteiger charge is -2.08. The molecule has 0 radical (unpaired) electrons. The maximum Gasteiger partial charge on any atom is 0.335 e. The fourth-order valence-corrected chi connectivity index (χ4v) is 2.56. The number of ether oxygens (including phenoxy) is 1. The normalized spacial score (nSPS) is 10.7. The van der Waals surface area contributed by atoms with Gasteiger partial charge >= 0.3 is 5.97 Å². The number of aliphatic hydroxyl groups excluding tert-OH is 1. The van der Waals surface area contributed by atoms with Gasteiger partial charge in [0.15, 0.2) is 0 Å². The highest BCUT2D eigenvalue weighted by Crippen LogP contribution is 2.27. The van der Waals surface area contributed by atoms with Crippen LogP contribution in [0.4, 0.5) is 0 Å². The van der Waals surface area contributed by atoms with Crippen LogP contribution in [0.25, 0.3) is 21.9 Å². The van der Waals surface area contributed by atoms with Gasteiger partial charge < -0.3 is 14.9 Å². The van der Waals surface area contributed by atoms with E-state index in [9.17, 15) is 4.79 Å². The third-order valence-electron chi connectivity index (χ3n) is 3.85. The number of hydrogen-bond donors (Lipinski definition) is 2. The van der Waals surface area contributed by atoms with Crippen LogP contribution in [0.2, 0.25) is 0 Å². The molecule has 0 aliphatic heterocycles. The third-order valence-corrected chi connectivity index (χ3v) is 3.85. The topological polar surface area (TPSA) is 66.8 Å². The van der Waals surface area contributed by atoms with E-state index >= 15 is 0 Å². The van der Waals surface area contributed by atoms with Crippen molar-refractivity contribution >= 4 is 16.7 Å². The molecule has 3 rings (SSSR count). The summed E-state index contributed by atoms with van der Waals surface area (Å²) in [5, 5.41) is 19.7. The SMILES string of the molecule is O=C(O)c1ccc2cc(-c3ccc(OCCCO)cc3)ccc2c1. The van der Waals surface area contributed by atoms with Crippen molar-refractivity contribution < 1.29 is 19.7 Å². The van der Waals surface area contributed by atoms with Gasteiger partial charge in [0.05, 0.1) is 12.2 Å². The molecule has 0 unspecified atom stereocenters. The zero-order chi connectivity index (χ0) is 16.9. The first-order valence-electron chi connectivity index (χ1n) is 7.78. The van der Waals surface area contributed by atoms with Crippen molar-refractivity contribution in [3.05, 3.63) is 66.2 Å². The largest absolute Gasteiger partial charge is 0.494 e. The Morgan fingerprint density at radius 2 is 1.54 bits per heavy atom. The second kappa shape index (κ2) is 7.15. The lowest BCUT2D eigenvalue weighted by Crippen LogP contribution is -1.99. The van der Waals surface area contributed by atoms with Crippen LogP contribution in [0, 0.1) is 0 Å². The summed E-state index contributed by atoms with van der Waals surface area (Å²) in [6.07, 6.45) is 0.616. The molecule has 0 fully saturated rings. The van der Waals surface area contributed by atoms with Gasteiger partial charge in [-0.1, -0.05) is 30.3 Å². The van der Waals surface area contributed by atoms with E-state index in [1.807, 2.05) is 48.5 Å². The number of carboxylic acid groups (broad SMARTS) is 1. The van der Waals surface area contributed by atoms with Crippen molar-refractivity contribution in [2.75, 3.05) is 13.2 Å². The molecule has 0 aliphatic rings. The van der Waals surface area contributed by atoms with Crippen LogP contribution in [0.3, 0.4) is 0 Å². The highest BCUT2D eigenvalue weighted by atomic mass is 16.5. The van der Waals surface area contributed by atoms with E-state index in [0.717, 1.165) is 27.6 Å². The van der Waals surface area contributed by atoms with Crippen molar-refractivity contribution in [2.24, 2.45) is 0 Å². The first-order valence-corrected chi connectivity index (χ1v) is 7.78. The molecule has 0 atom stereocenters. The summed E-state index contributed by atoms with van der Waals surface area (Å²) < 4.78 is 5.53. The van der Waals surface area contributed by atoms with Crippen molar-refractivity contribution in [3.8, 4) is 16.9 Å². The maximum atomic E-state index is 11.0. The Morgan fingerprint density at radius 3 is 2.25 bits per heavy atom. The molecule has 24 heavy (non-hydrogen) atoms. The minimum absolute atomic E-state index is 0.124. The fourth-order valence-electron chi connectivity index (χ4n) is 2.56. The number of fused-ring (bicyclic) bond motifs is 1. The number of benzene rings is 3. The Bertz CT molecular complexity index is 853. The molecule has 0 bridgehead atoms. The zero-order valence-electron chi connectivity index (χ0n) is 13.1. The van der Waals surface area contributed by atoms with Crippen LogP contribution in [0.5, 0.6) is 5.75 Å². The maximum absolute atomic E-state index is 11.0. The average Bonchev–Trinajstić information content (AvgIpc) is 2.61. The Hall–Kier alpha value is -2.85. The number of carboxylic acids is 1. The molecule has 2 N–H and O–H groups in total. The molecule has 0 amide bonds. The monoisotopic (exact) mass is 322 g/mol. The minimum Gasteiger partial charge on any atom is -0.494 e. The molecule has 3 aromatic carbocycles. The average molecular weight is 322 g/mol. The molecule has 0 aliphatic carbocycles. The molecule has 0 aromatic heterocycles. The molecule has 4 nitrogen and oxygen atoms in total. The minimum atomic E-state index is -0.919. The van der Waals surface area contributed by atoms with E-state index in [-0.39, 0.29) is 6.61 Å². The van der Waals surface area contributed by atoms with Gasteiger partial charge in [0.25, 0.3) is 0 Å². The fraction of sp³-hybridized carbons (Fsp3) is 0.150. The number of carbonyl (C=O) groups is 1. The van der Waals surface area contributed by atoms with E-state index in [4.69, 9.17) is 14.9 Å². The van der Waals surface area contributed by atoms with Gasteiger partial charge in [0.1, 0.15) is 5.75 Å². The Morgan fingerprint density at radius 1 is 0.875 bits per heavy atom. The first-order chi connectivity index (χ1) is 11.7. The molecular weight excluding hydrogens is 304 g/mol. The van der Waals surface area contributed by atoms with Crippen LogP contribution >= 0.6 is 0 Å². The van der Waals surface area contributed by atoms with Crippen LogP contribution < -0.4 is 4.74 Å². The Labute approximate surface area is 139 Å². The standard InChI is InChI=1S/C20H18O4/c21-10-1-11-24-19-8-6-14(7-9-19)15-2-3-17-13-18(20(22)23)5-4-16(17)12-15/h2-9,12-13,21H,1,10-11H2,(H,22,23). The predicted octanol–water partition coefficient (Wildman–Crippen LogP) is 3.97. The molecule has 4 heteroatoms. The van der Waals surface area contributed by atoms with Gasteiger partial charge in [0.2, 0.25) is 0 Å². The van der Waals surface area contributed by atoms with Crippen LogP contribution in [-0.2, 0) is 0 Å². The lowest BCUT2D eigenvalue weighted by atomic mass is 10.00. The van der Waals surface area contributed by atoms with Gasteiger partial charge in [-0.25, -0.2) is 4.79 Å². The van der Waals surface area contributed by atoms with Gasteiger partial charge in [-0.15, -0.1) is 0 Å². The second-order valence-corrected chi connectivity index (χ2v) is 5.53. The van der Waals surface area contributed by atoms with Crippen LogP contribution in [0.1, 0.15) is 16.8 Å². The predicted molar refractivity (Wildman–Crippen MR) is 93.5 cm³/mol. The van der Waals surface area contributed by atoms with E-state index in [1.165, 1.54) is 0 Å². The summed E-state index contributed by atoms with van der Waals surface area (Å²) >= 11 is 0. The van der Waals surface area contributed by atoms with E-state index < -0.39 is 5.97 Å². The quantitative estimate of drug-likeness (QED) is 0.674. The van der Waals surface area contributed by atoms with Gasteiger partial charge in [-0.2, -0.15) is 0 Å². The molecule has 3 aromatic rings. The van der Waals surface area contributed by atoms with E-state index in [0.29, 0.717) is 18.6 Å². The number of aromatic carboxylic acids is 1. The summed E-state index contributed by atoms with van der Waals surface area (Å²) in [6, 6.07) is 18.9. The summed E-state index contributed by atoms with van der Waals surface area (Å²) in [7, 11) is 0. The number of hydrogen-bond acceptors (Lipinski definition) is 3. The van der Waals surface area contributed by atoms with Gasteiger partial charge in [0, 0.05) is 13.0 Å². The first kappa shape index (κ1) is 16.0. The summed E-state index contributed by atoms with van der Waals surface area (Å²) in [4.78, 5) is 11.0. The lowest BCUT2D eigenvalue weighted by molar-refractivity contribution is 0.0697. The molecule has 0 saturated heterocycles. The number of aliphatic hydroxyl groups is 1. The van der Waals surface area contributed by atoms with Crippen LogP contribution in [0.15, 0.2) is 60.7 Å². The van der Waals surface area contributed by atoms with Crippen molar-refractivity contribution in [1.29, 1.82) is 0 Å². The van der Waals surface area contributed by atoms with Gasteiger partial charge in [-0.3, -0.25) is 0 Å². The van der Waals surface area contributed by atoms with Crippen molar-refractivity contribution in [2.45, 2.75) is 6.42 Å². The third kappa shape index (κ3) is 3.55. The highest BCUT2D eigenvalue weighted by molar-refractivity contribution is 5.95. The van der Waals surface area contributed by atoms with E-state index in [1.54, 1.807) is 12.1 Å². The smallest absolute Gasteiger partial charge is 0.335 e. The number of rotatable bonds is 6. The molecule has 122 valence electrons. The Balaban J connectivity index is 1.83. The molecular formula is C20H18O4. The van der Waals surface area contributed by atoms with Gasteiger partial charge in [-0.05, 0) is 52.2 Å².